The zero-order valence-corrected chi connectivity index (χ0v) is 26.1. The monoisotopic (exact) mass is 539 g/mol. The topological polar surface area (TPSA) is 84.2 Å². The maximum atomic E-state index is 14.1. The molecule has 4 saturated carbocycles. The number of ketones is 1. The van der Waals surface area contributed by atoms with Crippen molar-refractivity contribution in [3.05, 3.63) is 11.6 Å². The third-order valence-corrected chi connectivity index (χ3v) is 13.7. The van der Waals surface area contributed by atoms with E-state index in [1.807, 2.05) is 0 Å². The lowest BCUT2D eigenvalue weighted by Gasteiger charge is -2.70. The predicted molar refractivity (Wildman–Crippen MR) is 159 cm³/mol. The van der Waals surface area contributed by atoms with Gasteiger partial charge in [0, 0.05) is 38.0 Å². The normalized spacial score (nSPS) is 44.3. The van der Waals surface area contributed by atoms with E-state index in [0.717, 1.165) is 70.9 Å². The molecule has 1 amide bonds. The van der Waals surface area contributed by atoms with Crippen LogP contribution in [-0.4, -0.2) is 37.9 Å². The Hall–Kier alpha value is -1.20. The van der Waals surface area contributed by atoms with E-state index in [1.165, 1.54) is 6.42 Å². The number of nitrogens with one attached hydrogen (secondary N) is 2. The number of carbonyl (C=O) groups is 2. The number of carbonyl (C=O) groups excluding carboxylic acids is 2. The quantitative estimate of drug-likeness (QED) is 0.285. The van der Waals surface area contributed by atoms with Gasteiger partial charge >= 0.3 is 0 Å². The SMILES string of the molecule is CC1(C)CC[C@]2(C(=O)NCCNCCN)CC[C@]3(C)C(=CC[C@@H]4[C@@]5(C)CCC(=O)C(C)(C)[C@@H]5CC[C@]43C)[C@@H]2C1. The van der Waals surface area contributed by atoms with Gasteiger partial charge in [0.1, 0.15) is 5.78 Å². The van der Waals surface area contributed by atoms with Crippen LogP contribution in [-0.2, 0) is 9.59 Å². The summed E-state index contributed by atoms with van der Waals surface area (Å²) in [6.45, 7) is 19.9. The molecular weight excluding hydrogens is 482 g/mol. The summed E-state index contributed by atoms with van der Waals surface area (Å²) in [6, 6.07) is 0. The maximum absolute atomic E-state index is 14.1. The van der Waals surface area contributed by atoms with Gasteiger partial charge in [-0.1, -0.05) is 60.1 Å². The van der Waals surface area contributed by atoms with E-state index >= 15 is 0 Å². The number of hydrogen-bond acceptors (Lipinski definition) is 4. The van der Waals surface area contributed by atoms with Crippen LogP contribution in [0.2, 0.25) is 0 Å². The van der Waals surface area contributed by atoms with Crippen LogP contribution in [0.4, 0.5) is 0 Å². The molecule has 7 atom stereocenters. The molecule has 4 fully saturated rings. The highest BCUT2D eigenvalue weighted by atomic mass is 16.2. The Balaban J connectivity index is 1.49. The van der Waals surface area contributed by atoms with Crippen molar-refractivity contribution < 1.29 is 9.59 Å². The molecule has 0 unspecified atom stereocenters. The number of allylic oxidation sites excluding steroid dienone is 2. The molecule has 0 aromatic heterocycles. The molecule has 39 heavy (non-hydrogen) atoms. The van der Waals surface area contributed by atoms with Gasteiger partial charge in [-0.15, -0.1) is 0 Å². The fourth-order valence-electron chi connectivity index (χ4n) is 11.1. The van der Waals surface area contributed by atoms with E-state index < -0.39 is 0 Å². The number of fused-ring (bicyclic) bond motifs is 7. The highest BCUT2D eigenvalue weighted by molar-refractivity contribution is 5.85. The first-order chi connectivity index (χ1) is 18.2. The Morgan fingerprint density at radius 1 is 0.923 bits per heavy atom. The second-order valence-electron chi connectivity index (χ2n) is 16.3. The minimum atomic E-state index is -0.279. The van der Waals surface area contributed by atoms with Gasteiger partial charge in [-0.3, -0.25) is 9.59 Å². The maximum Gasteiger partial charge on any atom is 0.226 e. The summed E-state index contributed by atoms with van der Waals surface area (Å²) in [5.41, 5.74) is 7.51. The summed E-state index contributed by atoms with van der Waals surface area (Å²) in [6.07, 6.45) is 13.2. The van der Waals surface area contributed by atoms with Crippen molar-refractivity contribution in [2.24, 2.45) is 56.0 Å². The first-order valence-corrected chi connectivity index (χ1v) is 16.1. The smallest absolute Gasteiger partial charge is 0.226 e. The van der Waals surface area contributed by atoms with Crippen molar-refractivity contribution in [3.63, 3.8) is 0 Å². The van der Waals surface area contributed by atoms with Gasteiger partial charge in [-0.25, -0.2) is 0 Å². The van der Waals surface area contributed by atoms with Gasteiger partial charge in [0.25, 0.3) is 0 Å². The molecule has 0 aromatic carbocycles. The number of rotatable bonds is 6. The van der Waals surface area contributed by atoms with E-state index in [2.05, 4.69) is 65.2 Å². The van der Waals surface area contributed by atoms with Gasteiger partial charge in [0.15, 0.2) is 0 Å². The second kappa shape index (κ2) is 9.68. The van der Waals surface area contributed by atoms with Crippen LogP contribution in [0.5, 0.6) is 0 Å². The van der Waals surface area contributed by atoms with Gasteiger partial charge in [-0.2, -0.15) is 0 Å². The molecule has 220 valence electrons. The molecular formula is C34H57N3O2. The van der Waals surface area contributed by atoms with E-state index in [9.17, 15) is 9.59 Å². The molecule has 5 heteroatoms. The van der Waals surface area contributed by atoms with Gasteiger partial charge in [-0.05, 0) is 97.2 Å². The lowest BCUT2D eigenvalue weighted by Crippen LogP contribution is -2.65. The fraction of sp³-hybridized carbons (Fsp3) is 0.882. The molecule has 0 bridgehead atoms. The summed E-state index contributed by atoms with van der Waals surface area (Å²) < 4.78 is 0. The standard InChI is InChI=1S/C34H57N3O2/c1-29(2)14-16-34(28(39)37-21-20-36-19-18-35)17-15-32(6)23(24(34)22-29)8-9-26-31(5)12-11-27(38)30(3,4)25(31)10-13-33(26,32)7/h8,24-26,36H,9-22,35H2,1-7H3,(H,37,39)/t24-,25-,26+,31-,32+,33+,34-/m0/s1. The highest BCUT2D eigenvalue weighted by Crippen LogP contribution is 2.75. The van der Waals surface area contributed by atoms with Crippen LogP contribution in [0.25, 0.3) is 0 Å². The average molecular weight is 540 g/mol. The van der Waals surface area contributed by atoms with Crippen molar-refractivity contribution in [2.75, 3.05) is 26.2 Å². The first-order valence-electron chi connectivity index (χ1n) is 16.1. The highest BCUT2D eigenvalue weighted by Gasteiger charge is 2.69. The Morgan fingerprint density at radius 3 is 2.36 bits per heavy atom. The molecule has 0 spiro atoms. The number of amides is 1. The van der Waals surface area contributed by atoms with Crippen LogP contribution in [0.15, 0.2) is 11.6 Å². The molecule has 0 aromatic rings. The summed E-state index contributed by atoms with van der Waals surface area (Å²) in [7, 11) is 0. The van der Waals surface area contributed by atoms with Gasteiger partial charge in [0.2, 0.25) is 5.91 Å². The average Bonchev–Trinajstić information content (AvgIpc) is 2.86. The third kappa shape index (κ3) is 4.22. The lowest BCUT2D eigenvalue weighted by molar-refractivity contribution is -0.186. The second-order valence-corrected chi connectivity index (χ2v) is 16.3. The zero-order chi connectivity index (χ0) is 28.5. The van der Waals surface area contributed by atoms with Crippen LogP contribution in [0, 0.1) is 50.2 Å². The van der Waals surface area contributed by atoms with Crippen molar-refractivity contribution >= 4 is 11.7 Å². The van der Waals surface area contributed by atoms with E-state index in [4.69, 9.17) is 5.73 Å². The minimum absolute atomic E-state index is 0.111. The molecule has 5 aliphatic carbocycles. The molecule has 5 aliphatic rings. The Labute approximate surface area is 238 Å². The molecule has 5 nitrogen and oxygen atoms in total. The Bertz CT molecular complexity index is 1030. The molecule has 0 heterocycles. The largest absolute Gasteiger partial charge is 0.354 e. The van der Waals surface area contributed by atoms with Gasteiger partial charge in [0.05, 0.1) is 5.41 Å². The number of hydrogen-bond donors (Lipinski definition) is 3. The molecule has 0 saturated heterocycles. The summed E-state index contributed by atoms with van der Waals surface area (Å²) in [5.74, 6) is 2.15. The van der Waals surface area contributed by atoms with Crippen LogP contribution in [0.3, 0.4) is 0 Å². The molecule has 4 N–H and O–H groups in total. The number of Topliss-reactive ketones (excluding diaryl/α,β-unsaturated/α-hetero) is 1. The van der Waals surface area contributed by atoms with Crippen molar-refractivity contribution in [2.45, 2.75) is 113 Å². The van der Waals surface area contributed by atoms with Crippen molar-refractivity contribution in [1.82, 2.24) is 10.6 Å². The summed E-state index contributed by atoms with van der Waals surface area (Å²) in [4.78, 5) is 27.1. The summed E-state index contributed by atoms with van der Waals surface area (Å²) in [5, 5.41) is 6.68. The molecule has 0 radical (unpaired) electrons. The first kappa shape index (κ1) is 29.3. The van der Waals surface area contributed by atoms with Crippen LogP contribution >= 0.6 is 0 Å². The Kier molecular flexibility index (Phi) is 7.27. The van der Waals surface area contributed by atoms with Crippen LogP contribution in [0.1, 0.15) is 113 Å². The van der Waals surface area contributed by atoms with E-state index in [0.29, 0.717) is 36.6 Å². The summed E-state index contributed by atoms with van der Waals surface area (Å²) >= 11 is 0. The van der Waals surface area contributed by atoms with Crippen molar-refractivity contribution in [3.8, 4) is 0 Å². The van der Waals surface area contributed by atoms with E-state index in [1.54, 1.807) is 5.57 Å². The number of nitrogens with two attached hydrogens (primary N) is 1. The zero-order valence-electron chi connectivity index (χ0n) is 26.1. The minimum Gasteiger partial charge on any atom is -0.354 e. The fourth-order valence-corrected chi connectivity index (χ4v) is 11.1. The Morgan fingerprint density at radius 2 is 1.64 bits per heavy atom. The molecule has 5 rings (SSSR count). The van der Waals surface area contributed by atoms with E-state index in [-0.39, 0.29) is 38.4 Å². The predicted octanol–water partition coefficient (Wildman–Crippen LogP) is 6.02. The van der Waals surface area contributed by atoms with Gasteiger partial charge < -0.3 is 16.4 Å². The third-order valence-electron chi connectivity index (χ3n) is 13.7. The molecule has 0 aliphatic heterocycles. The van der Waals surface area contributed by atoms with Crippen molar-refractivity contribution in [1.29, 1.82) is 0 Å². The van der Waals surface area contributed by atoms with Crippen LogP contribution < -0.4 is 16.4 Å². The lowest BCUT2D eigenvalue weighted by atomic mass is 9.33.